The van der Waals surface area contributed by atoms with Crippen molar-refractivity contribution >= 4 is 51.6 Å². The number of nitro groups is 1. The average molecular weight is 649 g/mol. The standard InChI is InChI=1S/C31H32N6O6S2/c1-2-43-30(40)27-23-11-7-4-8-12-24(23)45-29(27)33-26(38)19-44-31-35-34-25(36(31)18-20-9-5-3-6-10-20)17-32-28(39)21-13-15-22(16-14-21)37(41)42/h3,5-6,9-10,13-16H,2,4,7-8,11-12,17-19H2,1H3,(H,32,39)(H,33,38). The van der Waals surface area contributed by atoms with E-state index in [2.05, 4.69) is 20.8 Å². The summed E-state index contributed by atoms with van der Waals surface area (Å²) in [5, 5.41) is 26.3. The number of amides is 2. The number of carbonyl (C=O) groups is 3. The van der Waals surface area contributed by atoms with Crippen molar-refractivity contribution in [3.8, 4) is 0 Å². The summed E-state index contributed by atoms with van der Waals surface area (Å²) in [6, 6.07) is 15.0. The number of nitrogens with one attached hydrogen (secondary N) is 2. The molecule has 0 fully saturated rings. The molecule has 2 aromatic carbocycles. The quantitative estimate of drug-likeness (QED) is 0.0674. The van der Waals surface area contributed by atoms with E-state index < -0.39 is 16.8 Å². The Balaban J connectivity index is 1.29. The highest BCUT2D eigenvalue weighted by molar-refractivity contribution is 7.99. The van der Waals surface area contributed by atoms with Gasteiger partial charge in [0, 0.05) is 22.6 Å². The van der Waals surface area contributed by atoms with Gasteiger partial charge in [0.15, 0.2) is 11.0 Å². The normalized spacial score (nSPS) is 12.6. The van der Waals surface area contributed by atoms with Crippen LogP contribution >= 0.6 is 23.1 Å². The van der Waals surface area contributed by atoms with Gasteiger partial charge in [0.1, 0.15) is 5.00 Å². The van der Waals surface area contributed by atoms with Crippen LogP contribution in [-0.4, -0.2) is 49.8 Å². The first-order valence-electron chi connectivity index (χ1n) is 14.6. The molecule has 1 aliphatic rings. The first kappa shape index (κ1) is 31.9. The van der Waals surface area contributed by atoms with Crippen LogP contribution in [0.3, 0.4) is 0 Å². The molecule has 0 aliphatic heterocycles. The number of fused-ring (bicyclic) bond motifs is 1. The van der Waals surface area contributed by atoms with Crippen LogP contribution in [0, 0.1) is 10.1 Å². The van der Waals surface area contributed by atoms with Gasteiger partial charge in [-0.2, -0.15) is 0 Å². The molecule has 4 aromatic rings. The first-order chi connectivity index (χ1) is 21.8. The van der Waals surface area contributed by atoms with Crippen molar-refractivity contribution in [2.75, 3.05) is 17.7 Å². The number of hydrogen-bond acceptors (Lipinski definition) is 10. The summed E-state index contributed by atoms with van der Waals surface area (Å²) < 4.78 is 7.17. The van der Waals surface area contributed by atoms with Crippen LogP contribution in [0.25, 0.3) is 0 Å². The number of rotatable bonds is 12. The minimum Gasteiger partial charge on any atom is -0.462 e. The molecule has 0 bridgehead atoms. The zero-order chi connectivity index (χ0) is 31.8. The fraction of sp³-hybridized carbons (Fsp3) is 0.323. The molecule has 1 aliphatic carbocycles. The van der Waals surface area contributed by atoms with E-state index in [0.29, 0.717) is 28.1 Å². The lowest BCUT2D eigenvalue weighted by atomic mass is 10.1. The average Bonchev–Trinajstić information content (AvgIpc) is 3.49. The predicted molar refractivity (Wildman–Crippen MR) is 171 cm³/mol. The summed E-state index contributed by atoms with van der Waals surface area (Å²) in [7, 11) is 0. The van der Waals surface area contributed by atoms with Crippen molar-refractivity contribution in [2.45, 2.75) is 57.3 Å². The molecule has 0 radical (unpaired) electrons. The van der Waals surface area contributed by atoms with Crippen LogP contribution in [0.4, 0.5) is 10.7 Å². The van der Waals surface area contributed by atoms with Crippen molar-refractivity contribution in [3.05, 3.63) is 97.7 Å². The molecule has 14 heteroatoms. The maximum absolute atomic E-state index is 13.2. The highest BCUT2D eigenvalue weighted by atomic mass is 32.2. The molecule has 45 heavy (non-hydrogen) atoms. The molecule has 0 unspecified atom stereocenters. The number of anilines is 1. The second-order valence-corrected chi connectivity index (χ2v) is 12.3. The lowest BCUT2D eigenvalue weighted by molar-refractivity contribution is -0.384. The van der Waals surface area contributed by atoms with E-state index in [1.165, 1.54) is 47.4 Å². The SMILES string of the molecule is CCOC(=O)c1c(NC(=O)CSc2nnc(CNC(=O)c3ccc([N+](=O)[O-])cc3)n2Cc2ccccc2)sc2c1CCCCC2. The molecule has 2 aromatic heterocycles. The maximum atomic E-state index is 13.2. The van der Waals surface area contributed by atoms with E-state index in [0.717, 1.165) is 48.1 Å². The minimum atomic E-state index is -0.526. The van der Waals surface area contributed by atoms with Crippen molar-refractivity contribution in [1.82, 2.24) is 20.1 Å². The molecular weight excluding hydrogens is 617 g/mol. The van der Waals surface area contributed by atoms with E-state index in [4.69, 9.17) is 4.74 Å². The van der Waals surface area contributed by atoms with E-state index in [1.54, 1.807) is 6.92 Å². The van der Waals surface area contributed by atoms with Gasteiger partial charge in [-0.3, -0.25) is 19.7 Å². The van der Waals surface area contributed by atoms with Gasteiger partial charge in [0.05, 0.1) is 35.9 Å². The lowest BCUT2D eigenvalue weighted by Crippen LogP contribution is -2.25. The zero-order valence-corrected chi connectivity index (χ0v) is 26.2. The Morgan fingerprint density at radius 3 is 2.53 bits per heavy atom. The summed E-state index contributed by atoms with van der Waals surface area (Å²) in [5.41, 5.74) is 2.60. The number of esters is 1. The second-order valence-electron chi connectivity index (χ2n) is 10.3. The largest absolute Gasteiger partial charge is 0.462 e. The number of thiophene rings is 1. The molecule has 0 atom stereocenters. The third-order valence-corrected chi connectivity index (χ3v) is 9.38. The van der Waals surface area contributed by atoms with Crippen molar-refractivity contribution in [3.63, 3.8) is 0 Å². The number of benzene rings is 2. The topological polar surface area (TPSA) is 158 Å². The van der Waals surface area contributed by atoms with Gasteiger partial charge in [-0.05, 0) is 55.9 Å². The fourth-order valence-electron chi connectivity index (χ4n) is 5.02. The summed E-state index contributed by atoms with van der Waals surface area (Å²) in [4.78, 5) is 50.3. The van der Waals surface area contributed by atoms with Crippen LogP contribution in [0.5, 0.6) is 0 Å². The summed E-state index contributed by atoms with van der Waals surface area (Å²) in [6.07, 6.45) is 4.81. The number of hydrogen-bond donors (Lipinski definition) is 2. The van der Waals surface area contributed by atoms with Crippen LogP contribution in [0.2, 0.25) is 0 Å². The highest BCUT2D eigenvalue weighted by Crippen LogP contribution is 2.38. The summed E-state index contributed by atoms with van der Waals surface area (Å²) in [6.45, 7) is 2.47. The molecule has 0 saturated heterocycles. The van der Waals surface area contributed by atoms with Gasteiger partial charge in [0.25, 0.3) is 11.6 Å². The molecule has 0 saturated carbocycles. The number of aryl methyl sites for hydroxylation is 1. The number of nitro benzene ring substituents is 1. The maximum Gasteiger partial charge on any atom is 0.341 e. The summed E-state index contributed by atoms with van der Waals surface area (Å²) in [5.74, 6) is -0.623. The molecule has 0 spiro atoms. The van der Waals surface area contributed by atoms with Crippen LogP contribution < -0.4 is 10.6 Å². The van der Waals surface area contributed by atoms with Crippen molar-refractivity contribution < 1.29 is 24.0 Å². The van der Waals surface area contributed by atoms with Crippen molar-refractivity contribution in [1.29, 1.82) is 0 Å². The Kier molecular flexibility index (Phi) is 10.6. The van der Waals surface area contributed by atoms with Crippen molar-refractivity contribution in [2.24, 2.45) is 0 Å². The van der Waals surface area contributed by atoms with Gasteiger partial charge in [-0.15, -0.1) is 21.5 Å². The van der Waals surface area contributed by atoms with Gasteiger partial charge in [-0.1, -0.05) is 48.5 Å². The lowest BCUT2D eigenvalue weighted by Gasteiger charge is -2.12. The molecule has 5 rings (SSSR count). The molecule has 234 valence electrons. The van der Waals surface area contributed by atoms with E-state index in [-0.39, 0.29) is 36.1 Å². The third-order valence-electron chi connectivity index (χ3n) is 7.21. The Morgan fingerprint density at radius 1 is 1.04 bits per heavy atom. The number of aromatic nitrogens is 3. The molecule has 12 nitrogen and oxygen atoms in total. The Morgan fingerprint density at radius 2 is 1.80 bits per heavy atom. The first-order valence-corrected chi connectivity index (χ1v) is 16.4. The molecule has 2 amide bonds. The van der Waals surface area contributed by atoms with Crippen LogP contribution in [-0.2, 0) is 35.5 Å². The fourth-order valence-corrected chi connectivity index (χ4v) is 7.07. The van der Waals surface area contributed by atoms with Crippen LogP contribution in [0.1, 0.15) is 68.7 Å². The number of ether oxygens (including phenoxy) is 1. The summed E-state index contributed by atoms with van der Waals surface area (Å²) >= 11 is 2.65. The smallest absolute Gasteiger partial charge is 0.341 e. The number of nitrogens with zero attached hydrogens (tertiary/aromatic N) is 4. The number of thioether (sulfide) groups is 1. The molecule has 2 heterocycles. The minimum absolute atomic E-state index is 0.0207. The van der Waals surface area contributed by atoms with Gasteiger partial charge < -0.3 is 19.9 Å². The molecular formula is C31H32N6O6S2. The third kappa shape index (κ3) is 7.94. The number of carbonyl (C=O) groups excluding carboxylic acids is 3. The van der Waals surface area contributed by atoms with Gasteiger partial charge in [0.2, 0.25) is 5.91 Å². The Bertz CT molecular complexity index is 1690. The monoisotopic (exact) mass is 648 g/mol. The van der Waals surface area contributed by atoms with Crippen LogP contribution in [0.15, 0.2) is 59.8 Å². The van der Waals surface area contributed by atoms with Gasteiger partial charge in [-0.25, -0.2) is 4.79 Å². The number of non-ortho nitro benzene ring substituents is 1. The van der Waals surface area contributed by atoms with Gasteiger partial charge >= 0.3 is 5.97 Å². The zero-order valence-electron chi connectivity index (χ0n) is 24.6. The Labute approximate surface area is 267 Å². The highest BCUT2D eigenvalue weighted by Gasteiger charge is 2.27. The predicted octanol–water partition coefficient (Wildman–Crippen LogP) is 5.40. The second kappa shape index (κ2) is 14.9. The Hall–Kier alpha value is -4.56. The van der Waals surface area contributed by atoms with E-state index >= 15 is 0 Å². The van der Waals surface area contributed by atoms with E-state index in [1.807, 2.05) is 34.9 Å². The molecule has 2 N–H and O–H groups in total. The van der Waals surface area contributed by atoms with E-state index in [9.17, 15) is 24.5 Å².